The molecule has 0 aliphatic rings. The minimum absolute atomic E-state index is 0.881. The van der Waals surface area contributed by atoms with Gasteiger partial charge in [-0.1, -0.05) is 59.3 Å². The van der Waals surface area contributed by atoms with E-state index in [9.17, 15) is 0 Å². The van der Waals surface area contributed by atoms with Gasteiger partial charge >= 0.3 is 0 Å². The second-order valence-electron chi connectivity index (χ2n) is 4.91. The molecule has 0 saturated carbocycles. The molecule has 1 aromatic heterocycles. The van der Waals surface area contributed by atoms with Crippen molar-refractivity contribution in [1.29, 1.82) is 0 Å². The fraction of sp³-hybridized carbons (Fsp3) is 0.235. The van der Waals surface area contributed by atoms with Crippen LogP contribution in [0.2, 0.25) is 0 Å². The Kier molecular flexibility index (Phi) is 3.88. The quantitative estimate of drug-likeness (QED) is 0.643. The molecule has 0 saturated heterocycles. The zero-order valence-corrected chi connectivity index (χ0v) is 13.1. The first-order valence-corrected chi connectivity index (χ1v) is 8.02. The van der Waals surface area contributed by atoms with E-state index in [1.807, 2.05) is 6.07 Å². The van der Waals surface area contributed by atoms with Crippen molar-refractivity contribution < 1.29 is 0 Å². The fourth-order valence-electron chi connectivity index (χ4n) is 2.49. The van der Waals surface area contributed by atoms with E-state index in [4.69, 9.17) is 4.98 Å². The summed E-state index contributed by atoms with van der Waals surface area (Å²) in [6.07, 6.45) is 0.953. The van der Waals surface area contributed by atoms with Crippen molar-refractivity contribution in [2.75, 3.05) is 0 Å². The van der Waals surface area contributed by atoms with Crippen molar-refractivity contribution in [3.8, 4) is 0 Å². The monoisotopic (exact) mass is 328 g/mol. The molecule has 3 aromatic rings. The maximum atomic E-state index is 4.72. The molecule has 102 valence electrons. The van der Waals surface area contributed by atoms with E-state index in [1.165, 1.54) is 16.6 Å². The van der Waals surface area contributed by atoms with Crippen LogP contribution in [0.4, 0.5) is 0 Å². The summed E-state index contributed by atoms with van der Waals surface area (Å²) in [5.74, 6) is 1.15. The van der Waals surface area contributed by atoms with Gasteiger partial charge < -0.3 is 4.57 Å². The molecule has 1 heterocycles. The Morgan fingerprint density at radius 3 is 2.40 bits per heavy atom. The van der Waals surface area contributed by atoms with E-state index in [1.54, 1.807) is 0 Å². The van der Waals surface area contributed by atoms with Gasteiger partial charge in [0.25, 0.3) is 0 Å². The Morgan fingerprint density at radius 2 is 1.70 bits per heavy atom. The topological polar surface area (TPSA) is 17.8 Å². The Balaban J connectivity index is 2.00. The van der Waals surface area contributed by atoms with E-state index in [0.717, 1.165) is 29.6 Å². The predicted octanol–water partition coefficient (Wildman–Crippen LogP) is 4.54. The Bertz CT molecular complexity index is 713. The molecule has 0 unspecified atom stereocenters. The largest absolute Gasteiger partial charge is 0.323 e. The zero-order valence-electron chi connectivity index (χ0n) is 11.5. The minimum atomic E-state index is 0.881. The van der Waals surface area contributed by atoms with Crippen LogP contribution in [0, 0.1) is 0 Å². The molecule has 2 aromatic carbocycles. The number of benzene rings is 2. The van der Waals surface area contributed by atoms with Crippen LogP contribution in [-0.4, -0.2) is 9.55 Å². The highest BCUT2D eigenvalue weighted by molar-refractivity contribution is 9.08. The molecule has 0 spiro atoms. The van der Waals surface area contributed by atoms with Crippen molar-refractivity contribution in [2.24, 2.45) is 0 Å². The Labute approximate surface area is 127 Å². The minimum Gasteiger partial charge on any atom is -0.323 e. The molecule has 0 fully saturated rings. The van der Waals surface area contributed by atoms with Crippen molar-refractivity contribution in [3.05, 3.63) is 65.5 Å². The Hall–Kier alpha value is -1.61. The third-order valence-corrected chi connectivity index (χ3v) is 4.22. The number of para-hydroxylation sites is 2. The lowest BCUT2D eigenvalue weighted by atomic mass is 10.1. The molecule has 2 nitrogen and oxygen atoms in total. The number of nitrogens with zero attached hydrogens (tertiary/aromatic N) is 2. The molecular weight excluding hydrogens is 312 g/mol. The number of imidazole rings is 1. The van der Waals surface area contributed by atoms with E-state index in [-0.39, 0.29) is 0 Å². The van der Waals surface area contributed by atoms with Gasteiger partial charge in [-0.3, -0.25) is 0 Å². The molecule has 0 amide bonds. The van der Waals surface area contributed by atoms with Gasteiger partial charge in [0.2, 0.25) is 0 Å². The second kappa shape index (κ2) is 5.80. The maximum Gasteiger partial charge on any atom is 0.109 e. The average molecular weight is 329 g/mol. The van der Waals surface area contributed by atoms with Gasteiger partial charge in [0.1, 0.15) is 5.82 Å². The number of halogens is 1. The summed E-state index contributed by atoms with van der Waals surface area (Å²) < 4.78 is 2.32. The fourth-order valence-corrected chi connectivity index (χ4v) is 2.86. The number of alkyl halides is 1. The molecule has 0 aliphatic carbocycles. The van der Waals surface area contributed by atoms with Gasteiger partial charge in [0.15, 0.2) is 0 Å². The summed E-state index contributed by atoms with van der Waals surface area (Å²) in [5.41, 5.74) is 4.92. The van der Waals surface area contributed by atoms with Gasteiger partial charge in [-0.15, -0.1) is 0 Å². The summed E-state index contributed by atoms with van der Waals surface area (Å²) in [6.45, 7) is 3.04. The molecule has 0 radical (unpaired) electrons. The van der Waals surface area contributed by atoms with Crippen LogP contribution in [0.1, 0.15) is 23.9 Å². The number of aromatic nitrogens is 2. The number of fused-ring (bicyclic) bond motifs is 1. The first-order valence-electron chi connectivity index (χ1n) is 6.89. The zero-order chi connectivity index (χ0) is 13.9. The molecule has 0 aliphatic heterocycles. The SMILES string of the molecule is CCc1nc2ccccc2n1Cc1ccc(CBr)cc1. The molecular formula is C17H17BrN2. The predicted molar refractivity (Wildman–Crippen MR) is 87.3 cm³/mol. The molecule has 3 heteroatoms. The normalized spacial score (nSPS) is 11.1. The van der Waals surface area contributed by atoms with Crippen LogP contribution in [0.25, 0.3) is 11.0 Å². The smallest absolute Gasteiger partial charge is 0.109 e. The highest BCUT2D eigenvalue weighted by atomic mass is 79.9. The summed E-state index contributed by atoms with van der Waals surface area (Å²) in [4.78, 5) is 4.72. The molecule has 3 rings (SSSR count). The molecule has 0 atom stereocenters. The van der Waals surface area contributed by atoms with Crippen LogP contribution >= 0.6 is 15.9 Å². The van der Waals surface area contributed by atoms with Crippen LogP contribution in [0.15, 0.2) is 48.5 Å². The molecule has 0 bridgehead atoms. The summed E-state index contributed by atoms with van der Waals surface area (Å²) >= 11 is 3.48. The lowest BCUT2D eigenvalue weighted by Gasteiger charge is -2.09. The van der Waals surface area contributed by atoms with E-state index in [0.29, 0.717) is 0 Å². The molecule has 20 heavy (non-hydrogen) atoms. The summed E-state index contributed by atoms with van der Waals surface area (Å²) in [5, 5.41) is 0.904. The highest BCUT2D eigenvalue weighted by Crippen LogP contribution is 2.19. The highest BCUT2D eigenvalue weighted by Gasteiger charge is 2.09. The van der Waals surface area contributed by atoms with Crippen molar-refractivity contribution in [1.82, 2.24) is 9.55 Å². The van der Waals surface area contributed by atoms with Crippen molar-refractivity contribution in [2.45, 2.75) is 25.2 Å². The van der Waals surface area contributed by atoms with Gasteiger partial charge in [-0.05, 0) is 23.3 Å². The van der Waals surface area contributed by atoms with Gasteiger partial charge in [0, 0.05) is 18.3 Å². The maximum absolute atomic E-state index is 4.72. The first kappa shape index (κ1) is 13.4. The van der Waals surface area contributed by atoms with Crippen LogP contribution in [0.3, 0.4) is 0 Å². The lowest BCUT2D eigenvalue weighted by Crippen LogP contribution is -2.04. The van der Waals surface area contributed by atoms with Crippen LogP contribution < -0.4 is 0 Å². The standard InChI is InChI=1S/C17H17BrN2/c1-2-17-19-15-5-3-4-6-16(15)20(17)12-14-9-7-13(11-18)8-10-14/h3-10H,2,11-12H2,1H3. The number of hydrogen-bond donors (Lipinski definition) is 0. The summed E-state index contributed by atoms with van der Waals surface area (Å²) in [6, 6.07) is 17.1. The van der Waals surface area contributed by atoms with Crippen molar-refractivity contribution >= 4 is 27.0 Å². The van der Waals surface area contributed by atoms with Crippen LogP contribution in [-0.2, 0) is 18.3 Å². The molecule has 0 N–H and O–H groups in total. The van der Waals surface area contributed by atoms with Gasteiger partial charge in [0.05, 0.1) is 11.0 Å². The Morgan fingerprint density at radius 1 is 1.00 bits per heavy atom. The summed E-state index contributed by atoms with van der Waals surface area (Å²) in [7, 11) is 0. The third-order valence-electron chi connectivity index (χ3n) is 3.57. The van der Waals surface area contributed by atoms with E-state index in [2.05, 4.69) is 69.9 Å². The third kappa shape index (κ3) is 2.50. The lowest BCUT2D eigenvalue weighted by molar-refractivity contribution is 0.753. The van der Waals surface area contributed by atoms with Gasteiger partial charge in [-0.2, -0.15) is 0 Å². The number of rotatable bonds is 4. The number of hydrogen-bond acceptors (Lipinski definition) is 1. The van der Waals surface area contributed by atoms with Crippen molar-refractivity contribution in [3.63, 3.8) is 0 Å². The number of aryl methyl sites for hydroxylation is 1. The second-order valence-corrected chi connectivity index (χ2v) is 5.47. The first-order chi connectivity index (χ1) is 9.81. The van der Waals surface area contributed by atoms with Crippen LogP contribution in [0.5, 0.6) is 0 Å². The van der Waals surface area contributed by atoms with E-state index >= 15 is 0 Å². The average Bonchev–Trinajstić information content (AvgIpc) is 2.86. The van der Waals surface area contributed by atoms with E-state index < -0.39 is 0 Å². The van der Waals surface area contributed by atoms with Gasteiger partial charge in [-0.25, -0.2) is 4.98 Å².